The second kappa shape index (κ2) is 6.04. The smallest absolute Gasteiger partial charge is 0.311 e. The number of halogens is 1. The van der Waals surface area contributed by atoms with E-state index in [1.807, 2.05) is 18.3 Å². The average molecular weight is 363 g/mol. The number of benzene rings is 1. The van der Waals surface area contributed by atoms with Crippen LogP contribution < -0.4 is 0 Å². The molecule has 0 saturated carbocycles. The SMILES string of the molecule is O=C(Cc1c[nH]c2ccc(Cl)cc12)N1C[C@H]2COCC[C@@]2(C(=O)O)C1. The van der Waals surface area contributed by atoms with E-state index in [9.17, 15) is 14.7 Å². The fraction of sp³-hybridized carbons (Fsp3) is 0.444. The number of carboxylic acids is 1. The Kier molecular flexibility index (Phi) is 3.96. The standard InChI is InChI=1S/C18H19ClN2O4/c19-13-1-2-15-14(6-13)11(7-20-15)5-16(22)21-8-12-9-25-4-3-18(12,10-21)17(23)24/h1-2,6-7,12,20H,3-5,8-10H2,(H,23,24)/t12-,18+/m0/s1. The molecule has 2 N–H and O–H groups in total. The Morgan fingerprint density at radius 1 is 1.44 bits per heavy atom. The molecule has 25 heavy (non-hydrogen) atoms. The van der Waals surface area contributed by atoms with E-state index < -0.39 is 11.4 Å². The first-order valence-electron chi connectivity index (χ1n) is 8.34. The van der Waals surface area contributed by atoms with Crippen LogP contribution in [0.2, 0.25) is 5.02 Å². The highest BCUT2D eigenvalue weighted by atomic mass is 35.5. The molecule has 3 heterocycles. The van der Waals surface area contributed by atoms with Crippen LogP contribution in [0.1, 0.15) is 12.0 Å². The van der Waals surface area contributed by atoms with Gasteiger partial charge in [-0.2, -0.15) is 0 Å². The third kappa shape index (κ3) is 2.69. The van der Waals surface area contributed by atoms with Crippen molar-refractivity contribution >= 4 is 34.4 Å². The van der Waals surface area contributed by atoms with E-state index in [-0.39, 0.29) is 24.8 Å². The molecule has 6 nitrogen and oxygen atoms in total. The lowest BCUT2D eigenvalue weighted by Crippen LogP contribution is -2.45. The van der Waals surface area contributed by atoms with Gasteiger partial charge in [0.15, 0.2) is 0 Å². The largest absolute Gasteiger partial charge is 0.481 e. The van der Waals surface area contributed by atoms with Crippen LogP contribution >= 0.6 is 11.6 Å². The number of aliphatic carboxylic acids is 1. The Morgan fingerprint density at radius 3 is 3.04 bits per heavy atom. The Labute approximate surface area is 149 Å². The molecule has 7 heteroatoms. The number of nitrogens with zero attached hydrogens (tertiary/aromatic N) is 1. The Bertz CT molecular complexity index is 849. The van der Waals surface area contributed by atoms with E-state index in [0.717, 1.165) is 16.5 Å². The van der Waals surface area contributed by atoms with Crippen molar-refractivity contribution in [3.05, 3.63) is 35.0 Å². The van der Waals surface area contributed by atoms with Gasteiger partial charge >= 0.3 is 5.97 Å². The number of aromatic amines is 1. The molecule has 132 valence electrons. The van der Waals surface area contributed by atoms with Crippen molar-refractivity contribution in [2.24, 2.45) is 11.3 Å². The molecule has 1 aromatic carbocycles. The highest BCUT2D eigenvalue weighted by Crippen LogP contribution is 2.42. The second-order valence-corrected chi connectivity index (χ2v) is 7.37. The van der Waals surface area contributed by atoms with Gasteiger partial charge in [0.05, 0.1) is 18.4 Å². The Morgan fingerprint density at radius 2 is 2.28 bits per heavy atom. The third-order valence-corrected chi connectivity index (χ3v) is 5.79. The summed E-state index contributed by atoms with van der Waals surface area (Å²) >= 11 is 6.06. The minimum atomic E-state index is -0.864. The Balaban J connectivity index is 1.55. The minimum Gasteiger partial charge on any atom is -0.481 e. The molecule has 2 aliphatic rings. The van der Waals surface area contributed by atoms with E-state index in [2.05, 4.69) is 4.98 Å². The molecule has 0 spiro atoms. The van der Waals surface area contributed by atoms with Crippen LogP contribution in [0.25, 0.3) is 10.9 Å². The average Bonchev–Trinajstić information content (AvgIpc) is 3.17. The number of H-pyrrole nitrogens is 1. The predicted octanol–water partition coefficient (Wildman–Crippen LogP) is 2.31. The summed E-state index contributed by atoms with van der Waals surface area (Å²) in [6.45, 7) is 1.54. The van der Waals surface area contributed by atoms with Crippen LogP contribution in [-0.2, 0) is 20.7 Å². The second-order valence-electron chi connectivity index (χ2n) is 6.94. The lowest BCUT2D eigenvalue weighted by molar-refractivity contribution is -0.157. The summed E-state index contributed by atoms with van der Waals surface area (Å²) in [5, 5.41) is 11.3. The first kappa shape index (κ1) is 16.4. The van der Waals surface area contributed by atoms with Gasteiger partial charge in [-0.05, 0) is 30.2 Å². The molecule has 0 radical (unpaired) electrons. The third-order valence-electron chi connectivity index (χ3n) is 5.56. The molecule has 2 fully saturated rings. The number of carbonyl (C=O) groups excluding carboxylic acids is 1. The van der Waals surface area contributed by atoms with E-state index in [1.54, 1.807) is 11.0 Å². The molecule has 2 atom stereocenters. The van der Waals surface area contributed by atoms with E-state index in [1.165, 1.54) is 0 Å². The summed E-state index contributed by atoms with van der Waals surface area (Å²) in [6, 6.07) is 5.52. The van der Waals surface area contributed by atoms with Crippen molar-refractivity contribution in [2.75, 3.05) is 26.3 Å². The van der Waals surface area contributed by atoms with Gasteiger partial charge in [0.25, 0.3) is 0 Å². The minimum absolute atomic E-state index is 0.0594. The molecule has 2 saturated heterocycles. The van der Waals surface area contributed by atoms with E-state index in [4.69, 9.17) is 16.3 Å². The lowest BCUT2D eigenvalue weighted by Gasteiger charge is -2.33. The number of hydrogen-bond donors (Lipinski definition) is 2. The van der Waals surface area contributed by atoms with Gasteiger partial charge in [0, 0.05) is 47.7 Å². The fourth-order valence-corrected chi connectivity index (χ4v) is 4.23. The van der Waals surface area contributed by atoms with Gasteiger partial charge in [0.2, 0.25) is 5.91 Å². The summed E-state index contributed by atoms with van der Waals surface area (Å²) in [4.78, 5) is 29.5. The molecule has 0 unspecified atom stereocenters. The van der Waals surface area contributed by atoms with Gasteiger partial charge < -0.3 is 19.7 Å². The molecule has 2 aromatic rings. The number of hydrogen-bond acceptors (Lipinski definition) is 3. The molecule has 0 aliphatic carbocycles. The molecule has 0 bridgehead atoms. The topological polar surface area (TPSA) is 82.6 Å². The van der Waals surface area contributed by atoms with Crippen molar-refractivity contribution in [2.45, 2.75) is 12.8 Å². The number of fused-ring (bicyclic) bond motifs is 2. The molecule has 1 aromatic heterocycles. The predicted molar refractivity (Wildman–Crippen MR) is 92.6 cm³/mol. The highest BCUT2D eigenvalue weighted by Gasteiger charge is 2.54. The quantitative estimate of drug-likeness (QED) is 0.877. The van der Waals surface area contributed by atoms with Crippen LogP contribution in [-0.4, -0.2) is 53.2 Å². The maximum absolute atomic E-state index is 12.8. The number of aromatic nitrogens is 1. The molecular formula is C18H19ClN2O4. The van der Waals surface area contributed by atoms with Crippen LogP contribution in [0.4, 0.5) is 0 Å². The van der Waals surface area contributed by atoms with Gasteiger partial charge in [-0.1, -0.05) is 11.6 Å². The summed E-state index contributed by atoms with van der Waals surface area (Å²) in [5.41, 5.74) is 0.938. The zero-order valence-corrected chi connectivity index (χ0v) is 14.4. The Hall–Kier alpha value is -2.05. The maximum atomic E-state index is 12.8. The summed E-state index contributed by atoms with van der Waals surface area (Å²) < 4.78 is 5.44. The molecular weight excluding hydrogens is 344 g/mol. The van der Waals surface area contributed by atoms with Crippen molar-refractivity contribution in [1.82, 2.24) is 9.88 Å². The number of likely N-dealkylation sites (tertiary alicyclic amines) is 1. The van der Waals surface area contributed by atoms with Crippen molar-refractivity contribution < 1.29 is 19.4 Å². The fourth-order valence-electron chi connectivity index (χ4n) is 4.06. The normalized spacial score (nSPS) is 26.0. The summed E-state index contributed by atoms with van der Waals surface area (Å²) in [6.07, 6.45) is 2.50. The monoisotopic (exact) mass is 362 g/mol. The zero-order chi connectivity index (χ0) is 17.6. The van der Waals surface area contributed by atoms with E-state index >= 15 is 0 Å². The number of amides is 1. The molecule has 2 aliphatic heterocycles. The highest BCUT2D eigenvalue weighted by molar-refractivity contribution is 6.31. The van der Waals surface area contributed by atoms with Crippen molar-refractivity contribution in [1.29, 1.82) is 0 Å². The van der Waals surface area contributed by atoms with Crippen molar-refractivity contribution in [3.8, 4) is 0 Å². The van der Waals surface area contributed by atoms with Crippen LogP contribution in [0.5, 0.6) is 0 Å². The number of nitrogens with one attached hydrogen (secondary N) is 1. The number of rotatable bonds is 3. The van der Waals surface area contributed by atoms with Gasteiger partial charge in [-0.25, -0.2) is 0 Å². The lowest BCUT2D eigenvalue weighted by atomic mass is 9.74. The van der Waals surface area contributed by atoms with Gasteiger partial charge in [-0.3, -0.25) is 9.59 Å². The van der Waals surface area contributed by atoms with Crippen LogP contribution in [0, 0.1) is 11.3 Å². The van der Waals surface area contributed by atoms with Crippen LogP contribution in [0.3, 0.4) is 0 Å². The zero-order valence-electron chi connectivity index (χ0n) is 13.6. The molecule has 1 amide bonds. The number of carboxylic acid groups (broad SMARTS) is 1. The first-order valence-corrected chi connectivity index (χ1v) is 8.72. The molecule has 4 rings (SSSR count). The van der Waals surface area contributed by atoms with Crippen molar-refractivity contribution in [3.63, 3.8) is 0 Å². The number of ether oxygens (including phenoxy) is 1. The first-order chi connectivity index (χ1) is 12.0. The van der Waals surface area contributed by atoms with Gasteiger partial charge in [-0.15, -0.1) is 0 Å². The van der Waals surface area contributed by atoms with Crippen LogP contribution in [0.15, 0.2) is 24.4 Å². The van der Waals surface area contributed by atoms with E-state index in [0.29, 0.717) is 31.2 Å². The summed E-state index contributed by atoms with van der Waals surface area (Å²) in [7, 11) is 0. The summed E-state index contributed by atoms with van der Waals surface area (Å²) in [5.74, 6) is -1.02. The number of carbonyl (C=O) groups is 2. The maximum Gasteiger partial charge on any atom is 0.311 e. The van der Waals surface area contributed by atoms with Gasteiger partial charge in [0.1, 0.15) is 0 Å².